The topological polar surface area (TPSA) is 61.4 Å². The number of rotatable bonds is 7. The first-order valence-corrected chi connectivity index (χ1v) is 8.04. The van der Waals surface area contributed by atoms with Crippen molar-refractivity contribution in [1.29, 1.82) is 0 Å². The summed E-state index contributed by atoms with van der Waals surface area (Å²) in [6.45, 7) is 6.82. The minimum Gasteiger partial charge on any atom is -0.355 e. The number of carbonyl (C=O) groups is 2. The van der Waals surface area contributed by atoms with E-state index in [1.54, 1.807) is 4.90 Å². The van der Waals surface area contributed by atoms with Crippen LogP contribution in [0.5, 0.6) is 0 Å². The predicted molar refractivity (Wildman–Crippen MR) is 87.8 cm³/mol. The molecule has 1 aromatic carbocycles. The summed E-state index contributed by atoms with van der Waals surface area (Å²) in [5.41, 5.74) is 2.09. The number of likely N-dealkylation sites (N-methyl/N-ethyl adjacent to an activating group) is 1. The minimum absolute atomic E-state index is 0.0252. The smallest absolute Gasteiger partial charge is 0.227 e. The van der Waals surface area contributed by atoms with Crippen LogP contribution in [0, 0.1) is 5.92 Å². The second-order valence-corrected chi connectivity index (χ2v) is 5.53. The Morgan fingerprint density at radius 1 is 1.27 bits per heavy atom. The summed E-state index contributed by atoms with van der Waals surface area (Å²) in [6.07, 6.45) is 1.17. The van der Waals surface area contributed by atoms with Crippen LogP contribution in [-0.2, 0) is 16.0 Å². The van der Waals surface area contributed by atoms with Crippen molar-refractivity contribution in [2.24, 2.45) is 5.92 Å². The van der Waals surface area contributed by atoms with Crippen LogP contribution in [0.3, 0.4) is 0 Å². The number of para-hydroxylation sites is 1. The van der Waals surface area contributed by atoms with E-state index in [0.29, 0.717) is 19.5 Å². The molecule has 0 saturated carbocycles. The van der Waals surface area contributed by atoms with Crippen LogP contribution >= 0.6 is 0 Å². The van der Waals surface area contributed by atoms with Gasteiger partial charge >= 0.3 is 0 Å². The highest BCUT2D eigenvalue weighted by Crippen LogP contribution is 2.28. The maximum atomic E-state index is 12.3. The molecule has 2 N–H and O–H groups in total. The number of nitrogens with one attached hydrogen (secondary N) is 2. The van der Waals surface area contributed by atoms with Gasteiger partial charge in [-0.1, -0.05) is 32.0 Å². The fourth-order valence-electron chi connectivity index (χ4n) is 2.78. The summed E-state index contributed by atoms with van der Waals surface area (Å²) in [5, 5.41) is 6.06. The van der Waals surface area contributed by atoms with Gasteiger partial charge in [0.25, 0.3) is 0 Å². The zero-order valence-corrected chi connectivity index (χ0v) is 13.4. The summed E-state index contributed by atoms with van der Waals surface area (Å²) >= 11 is 0. The van der Waals surface area contributed by atoms with Crippen molar-refractivity contribution in [1.82, 2.24) is 10.6 Å². The summed E-state index contributed by atoms with van der Waals surface area (Å²) in [7, 11) is 0. The SMILES string of the molecule is CCNCCNC(=O)C1CC(=O)N(c2ccccc2CC)C1. The normalized spacial score (nSPS) is 17.8. The molecule has 0 aromatic heterocycles. The highest BCUT2D eigenvalue weighted by molar-refractivity contribution is 6.00. The number of hydrogen-bond donors (Lipinski definition) is 2. The van der Waals surface area contributed by atoms with Gasteiger partial charge in [0, 0.05) is 31.7 Å². The third-order valence-corrected chi connectivity index (χ3v) is 4.01. The van der Waals surface area contributed by atoms with Crippen molar-refractivity contribution in [3.63, 3.8) is 0 Å². The van der Waals surface area contributed by atoms with E-state index in [1.165, 1.54) is 0 Å². The molecule has 5 heteroatoms. The molecule has 0 spiro atoms. The first-order valence-electron chi connectivity index (χ1n) is 8.04. The van der Waals surface area contributed by atoms with Gasteiger partial charge in [-0.3, -0.25) is 9.59 Å². The monoisotopic (exact) mass is 303 g/mol. The van der Waals surface area contributed by atoms with Gasteiger partial charge < -0.3 is 15.5 Å². The van der Waals surface area contributed by atoms with Crippen LogP contribution in [0.1, 0.15) is 25.8 Å². The molecule has 0 bridgehead atoms. The Morgan fingerprint density at radius 2 is 2.05 bits per heavy atom. The first kappa shape index (κ1) is 16.5. The largest absolute Gasteiger partial charge is 0.355 e. The van der Waals surface area contributed by atoms with Crippen molar-refractivity contribution < 1.29 is 9.59 Å². The zero-order chi connectivity index (χ0) is 15.9. The number of aryl methyl sites for hydroxylation is 1. The average Bonchev–Trinajstić information content (AvgIpc) is 2.93. The van der Waals surface area contributed by atoms with E-state index in [4.69, 9.17) is 0 Å². The van der Waals surface area contributed by atoms with E-state index in [0.717, 1.165) is 30.8 Å². The third-order valence-electron chi connectivity index (χ3n) is 4.01. The maximum Gasteiger partial charge on any atom is 0.227 e. The van der Waals surface area contributed by atoms with Crippen molar-refractivity contribution in [2.75, 3.05) is 31.1 Å². The predicted octanol–water partition coefficient (Wildman–Crippen LogP) is 1.33. The molecule has 1 saturated heterocycles. The first-order chi connectivity index (χ1) is 10.7. The van der Waals surface area contributed by atoms with E-state index in [-0.39, 0.29) is 17.7 Å². The summed E-state index contributed by atoms with van der Waals surface area (Å²) in [5.74, 6) is -0.241. The van der Waals surface area contributed by atoms with Crippen molar-refractivity contribution in [3.05, 3.63) is 29.8 Å². The van der Waals surface area contributed by atoms with Crippen molar-refractivity contribution in [3.8, 4) is 0 Å². The number of carbonyl (C=O) groups excluding carboxylic acids is 2. The molecular weight excluding hydrogens is 278 g/mol. The maximum absolute atomic E-state index is 12.3. The van der Waals surface area contributed by atoms with Gasteiger partial charge in [0.05, 0.1) is 5.92 Å². The Hall–Kier alpha value is -1.88. The molecule has 1 unspecified atom stereocenters. The zero-order valence-electron chi connectivity index (χ0n) is 13.4. The Balaban J connectivity index is 1.97. The number of hydrogen-bond acceptors (Lipinski definition) is 3. The van der Waals surface area contributed by atoms with E-state index in [2.05, 4.69) is 17.6 Å². The molecule has 0 aliphatic carbocycles. The lowest BCUT2D eigenvalue weighted by Crippen LogP contribution is -2.37. The molecule has 120 valence electrons. The lowest BCUT2D eigenvalue weighted by atomic mass is 10.1. The van der Waals surface area contributed by atoms with E-state index >= 15 is 0 Å². The van der Waals surface area contributed by atoms with Gasteiger partial charge in [0.15, 0.2) is 0 Å². The van der Waals surface area contributed by atoms with Gasteiger partial charge in [0.2, 0.25) is 11.8 Å². The number of benzene rings is 1. The summed E-state index contributed by atoms with van der Waals surface area (Å²) < 4.78 is 0. The van der Waals surface area contributed by atoms with Gasteiger partial charge in [-0.05, 0) is 24.6 Å². The van der Waals surface area contributed by atoms with Crippen LogP contribution in [-0.4, -0.2) is 38.0 Å². The van der Waals surface area contributed by atoms with Gasteiger partial charge in [0.1, 0.15) is 0 Å². The van der Waals surface area contributed by atoms with Crippen LogP contribution in [0.15, 0.2) is 24.3 Å². The lowest BCUT2D eigenvalue weighted by Gasteiger charge is -2.20. The highest BCUT2D eigenvalue weighted by Gasteiger charge is 2.35. The van der Waals surface area contributed by atoms with Crippen LogP contribution in [0.4, 0.5) is 5.69 Å². The Kier molecular flexibility index (Phi) is 5.95. The Morgan fingerprint density at radius 3 is 2.77 bits per heavy atom. The molecule has 1 atom stereocenters. The molecule has 2 amide bonds. The molecule has 1 heterocycles. The molecule has 1 aliphatic heterocycles. The average molecular weight is 303 g/mol. The van der Waals surface area contributed by atoms with Crippen LogP contribution < -0.4 is 15.5 Å². The number of anilines is 1. The van der Waals surface area contributed by atoms with Crippen molar-refractivity contribution >= 4 is 17.5 Å². The molecule has 0 radical (unpaired) electrons. The summed E-state index contributed by atoms with van der Waals surface area (Å²) in [4.78, 5) is 26.2. The standard InChI is InChI=1S/C17H25N3O2/c1-3-13-7-5-6-8-15(13)20-12-14(11-16(20)21)17(22)19-10-9-18-4-2/h5-8,14,18H,3-4,9-12H2,1-2H3,(H,19,22). The minimum atomic E-state index is -0.251. The van der Waals surface area contributed by atoms with Gasteiger partial charge in [-0.25, -0.2) is 0 Å². The second-order valence-electron chi connectivity index (χ2n) is 5.53. The molecule has 1 aromatic rings. The molecule has 1 fully saturated rings. The number of nitrogens with zero attached hydrogens (tertiary/aromatic N) is 1. The number of amides is 2. The van der Waals surface area contributed by atoms with Gasteiger partial charge in [-0.2, -0.15) is 0 Å². The second kappa shape index (κ2) is 7.94. The Bertz CT molecular complexity index is 530. The lowest BCUT2D eigenvalue weighted by molar-refractivity contribution is -0.126. The van der Waals surface area contributed by atoms with Crippen LogP contribution in [0.2, 0.25) is 0 Å². The third kappa shape index (κ3) is 3.85. The Labute approximate surface area is 132 Å². The summed E-state index contributed by atoms with van der Waals surface area (Å²) in [6, 6.07) is 7.91. The van der Waals surface area contributed by atoms with E-state index in [1.807, 2.05) is 31.2 Å². The van der Waals surface area contributed by atoms with E-state index in [9.17, 15) is 9.59 Å². The van der Waals surface area contributed by atoms with Crippen LogP contribution in [0.25, 0.3) is 0 Å². The molecule has 2 rings (SSSR count). The van der Waals surface area contributed by atoms with Crippen molar-refractivity contribution in [2.45, 2.75) is 26.7 Å². The molecular formula is C17H25N3O2. The van der Waals surface area contributed by atoms with E-state index < -0.39 is 0 Å². The fourth-order valence-corrected chi connectivity index (χ4v) is 2.78. The quantitative estimate of drug-likeness (QED) is 0.747. The van der Waals surface area contributed by atoms with Gasteiger partial charge in [-0.15, -0.1) is 0 Å². The highest BCUT2D eigenvalue weighted by atomic mass is 16.2. The molecule has 22 heavy (non-hydrogen) atoms. The molecule has 5 nitrogen and oxygen atoms in total. The molecule has 1 aliphatic rings. The fraction of sp³-hybridized carbons (Fsp3) is 0.529.